The molecular weight excluding hydrogens is 160 g/mol. The minimum Gasteiger partial charge on any atom is -0.481 e. The van der Waals surface area contributed by atoms with E-state index in [2.05, 4.69) is 0 Å². The number of rotatable bonds is 5. The lowest BCUT2D eigenvalue weighted by atomic mass is 10.3. The lowest BCUT2D eigenvalue weighted by Crippen LogP contribution is -2.30. The fraction of sp³-hybridized carbons (Fsp3) is 0.714. The Kier molecular flexibility index (Phi) is 5.03. The number of hydrogen-bond donors (Lipinski definition) is 2. The summed E-state index contributed by atoms with van der Waals surface area (Å²) in [5.74, 6) is -1.01. The number of hydrogen-bond acceptors (Lipinski definition) is 3. The quantitative estimate of drug-likeness (QED) is 0.575. The van der Waals surface area contributed by atoms with Gasteiger partial charge in [-0.3, -0.25) is 9.59 Å². The van der Waals surface area contributed by atoms with Crippen LogP contribution < -0.4 is 5.73 Å². The van der Waals surface area contributed by atoms with E-state index in [1.165, 1.54) is 4.90 Å². The third kappa shape index (κ3) is 4.68. The summed E-state index contributed by atoms with van der Waals surface area (Å²) in [5.41, 5.74) is 5.16. The van der Waals surface area contributed by atoms with E-state index in [9.17, 15) is 9.59 Å². The van der Waals surface area contributed by atoms with Gasteiger partial charge in [0.2, 0.25) is 5.91 Å². The number of nitrogens with two attached hydrogens (primary N) is 1. The molecule has 1 amide bonds. The fourth-order valence-corrected chi connectivity index (χ4v) is 0.702. The summed E-state index contributed by atoms with van der Waals surface area (Å²) in [6, 6.07) is 0. The van der Waals surface area contributed by atoms with E-state index < -0.39 is 5.97 Å². The van der Waals surface area contributed by atoms with Gasteiger partial charge in [-0.05, 0) is 0 Å². The first-order valence-corrected chi connectivity index (χ1v) is 3.73. The second-order valence-corrected chi connectivity index (χ2v) is 2.50. The van der Waals surface area contributed by atoms with Crippen molar-refractivity contribution in [3.8, 4) is 0 Å². The monoisotopic (exact) mass is 174 g/mol. The van der Waals surface area contributed by atoms with Gasteiger partial charge in [0.25, 0.3) is 0 Å². The summed E-state index contributed by atoms with van der Waals surface area (Å²) in [6.45, 7) is 0.546. The maximum atomic E-state index is 11.0. The van der Waals surface area contributed by atoms with Crippen LogP contribution in [0.2, 0.25) is 0 Å². The van der Waals surface area contributed by atoms with Crippen molar-refractivity contribution in [2.24, 2.45) is 5.73 Å². The average molecular weight is 174 g/mol. The molecule has 5 nitrogen and oxygen atoms in total. The van der Waals surface area contributed by atoms with Crippen LogP contribution in [0.5, 0.6) is 0 Å². The van der Waals surface area contributed by atoms with Gasteiger partial charge in [0, 0.05) is 26.6 Å². The van der Waals surface area contributed by atoms with Gasteiger partial charge in [0.1, 0.15) is 0 Å². The van der Waals surface area contributed by atoms with Crippen molar-refractivity contribution in [1.82, 2.24) is 4.90 Å². The zero-order valence-corrected chi connectivity index (χ0v) is 7.12. The SMILES string of the molecule is CN(CCC(=O)O)C(=O)CCN. The Balaban J connectivity index is 3.63. The molecule has 0 saturated carbocycles. The van der Waals surface area contributed by atoms with E-state index in [-0.39, 0.29) is 25.3 Å². The Morgan fingerprint density at radius 3 is 2.42 bits per heavy atom. The summed E-state index contributed by atoms with van der Waals surface area (Å²) in [5, 5.41) is 8.31. The molecule has 0 aromatic rings. The normalized spacial score (nSPS) is 9.50. The van der Waals surface area contributed by atoms with Gasteiger partial charge in [-0.2, -0.15) is 0 Å². The molecule has 0 aromatic heterocycles. The zero-order chi connectivity index (χ0) is 9.56. The van der Waals surface area contributed by atoms with Gasteiger partial charge >= 0.3 is 5.97 Å². The molecule has 0 unspecified atom stereocenters. The average Bonchev–Trinajstić information content (AvgIpc) is 2.00. The van der Waals surface area contributed by atoms with E-state index in [1.807, 2.05) is 0 Å². The summed E-state index contributed by atoms with van der Waals surface area (Å²) >= 11 is 0. The molecule has 0 spiro atoms. The number of carboxylic acid groups (broad SMARTS) is 1. The molecule has 0 atom stereocenters. The van der Waals surface area contributed by atoms with E-state index in [4.69, 9.17) is 10.8 Å². The predicted molar refractivity (Wildman–Crippen MR) is 43.6 cm³/mol. The molecule has 12 heavy (non-hydrogen) atoms. The van der Waals surface area contributed by atoms with Crippen molar-refractivity contribution >= 4 is 11.9 Å². The van der Waals surface area contributed by atoms with Crippen LogP contribution in [-0.2, 0) is 9.59 Å². The standard InChI is InChI=1S/C7H14N2O3/c1-9(5-3-7(11)12)6(10)2-4-8/h2-5,8H2,1H3,(H,11,12). The van der Waals surface area contributed by atoms with Gasteiger partial charge in [-0.25, -0.2) is 0 Å². The summed E-state index contributed by atoms with van der Waals surface area (Å²) in [7, 11) is 1.57. The highest BCUT2D eigenvalue weighted by Crippen LogP contribution is 1.91. The van der Waals surface area contributed by atoms with E-state index in [0.29, 0.717) is 6.54 Å². The molecule has 0 rings (SSSR count). The molecule has 0 heterocycles. The number of amides is 1. The maximum Gasteiger partial charge on any atom is 0.305 e. The number of nitrogens with zero attached hydrogens (tertiary/aromatic N) is 1. The van der Waals surface area contributed by atoms with Crippen LogP contribution >= 0.6 is 0 Å². The first kappa shape index (κ1) is 10.9. The molecular formula is C7H14N2O3. The molecule has 3 N–H and O–H groups in total. The van der Waals surface area contributed by atoms with Crippen molar-refractivity contribution in [1.29, 1.82) is 0 Å². The molecule has 0 bridgehead atoms. The van der Waals surface area contributed by atoms with Gasteiger partial charge in [-0.15, -0.1) is 0 Å². The lowest BCUT2D eigenvalue weighted by molar-refractivity contribution is -0.138. The smallest absolute Gasteiger partial charge is 0.305 e. The topological polar surface area (TPSA) is 83.6 Å². The second-order valence-electron chi connectivity index (χ2n) is 2.50. The zero-order valence-electron chi connectivity index (χ0n) is 7.12. The number of aliphatic carboxylic acids is 1. The van der Waals surface area contributed by atoms with Crippen LogP contribution in [0, 0.1) is 0 Å². The number of carbonyl (C=O) groups is 2. The van der Waals surface area contributed by atoms with E-state index in [0.717, 1.165) is 0 Å². The van der Waals surface area contributed by atoms with Crippen molar-refractivity contribution in [3.63, 3.8) is 0 Å². The van der Waals surface area contributed by atoms with Crippen molar-refractivity contribution in [3.05, 3.63) is 0 Å². The van der Waals surface area contributed by atoms with E-state index >= 15 is 0 Å². The van der Waals surface area contributed by atoms with E-state index in [1.54, 1.807) is 7.05 Å². The molecule has 0 fully saturated rings. The van der Waals surface area contributed by atoms with Crippen LogP contribution in [0.4, 0.5) is 0 Å². The molecule has 0 aromatic carbocycles. The highest BCUT2D eigenvalue weighted by molar-refractivity contribution is 5.76. The molecule has 0 aliphatic carbocycles. The molecule has 5 heteroatoms. The minimum absolute atomic E-state index is 0.0210. The Morgan fingerprint density at radius 1 is 1.42 bits per heavy atom. The largest absolute Gasteiger partial charge is 0.481 e. The van der Waals surface area contributed by atoms with Crippen LogP contribution in [0.3, 0.4) is 0 Å². The number of carbonyl (C=O) groups excluding carboxylic acids is 1. The van der Waals surface area contributed by atoms with Crippen LogP contribution in [0.25, 0.3) is 0 Å². The summed E-state index contributed by atoms with van der Waals surface area (Å²) in [4.78, 5) is 22.5. The molecule has 0 saturated heterocycles. The Labute approximate surface area is 71.1 Å². The second kappa shape index (κ2) is 5.54. The maximum absolute atomic E-state index is 11.0. The lowest BCUT2D eigenvalue weighted by Gasteiger charge is -2.14. The van der Waals surface area contributed by atoms with Gasteiger partial charge in [0.05, 0.1) is 6.42 Å². The third-order valence-corrected chi connectivity index (χ3v) is 1.45. The Hall–Kier alpha value is -1.10. The molecule has 0 aliphatic rings. The number of carboxylic acids is 1. The predicted octanol–water partition coefficient (Wildman–Crippen LogP) is -0.732. The van der Waals surface area contributed by atoms with Crippen LogP contribution in [0.1, 0.15) is 12.8 Å². The Bertz CT molecular complexity index is 170. The molecule has 0 radical (unpaired) electrons. The highest BCUT2D eigenvalue weighted by atomic mass is 16.4. The van der Waals surface area contributed by atoms with Crippen molar-refractivity contribution in [2.75, 3.05) is 20.1 Å². The first-order valence-electron chi connectivity index (χ1n) is 3.73. The molecule has 0 aliphatic heterocycles. The van der Waals surface area contributed by atoms with Gasteiger partial charge in [-0.1, -0.05) is 0 Å². The molecule has 70 valence electrons. The van der Waals surface area contributed by atoms with Gasteiger partial charge < -0.3 is 15.7 Å². The fourth-order valence-electron chi connectivity index (χ4n) is 0.702. The first-order chi connectivity index (χ1) is 5.57. The van der Waals surface area contributed by atoms with Crippen molar-refractivity contribution < 1.29 is 14.7 Å². The van der Waals surface area contributed by atoms with Crippen LogP contribution in [0.15, 0.2) is 0 Å². The van der Waals surface area contributed by atoms with Crippen LogP contribution in [-0.4, -0.2) is 42.0 Å². The summed E-state index contributed by atoms with van der Waals surface area (Å²) < 4.78 is 0. The third-order valence-electron chi connectivity index (χ3n) is 1.45. The highest BCUT2D eigenvalue weighted by Gasteiger charge is 2.08. The Morgan fingerprint density at radius 2 is 2.00 bits per heavy atom. The van der Waals surface area contributed by atoms with Gasteiger partial charge in [0.15, 0.2) is 0 Å². The minimum atomic E-state index is -0.901. The summed E-state index contributed by atoms with van der Waals surface area (Å²) in [6.07, 6.45) is 0.253. The van der Waals surface area contributed by atoms with Crippen molar-refractivity contribution in [2.45, 2.75) is 12.8 Å².